The zero-order chi connectivity index (χ0) is 17.0. The lowest BCUT2D eigenvalue weighted by molar-refractivity contribution is 0.0945. The maximum absolute atomic E-state index is 12.3. The Balaban J connectivity index is 2.17. The van der Waals surface area contributed by atoms with Crippen molar-refractivity contribution < 1.29 is 9.53 Å². The van der Waals surface area contributed by atoms with E-state index in [2.05, 4.69) is 15.3 Å². The van der Waals surface area contributed by atoms with Gasteiger partial charge in [-0.05, 0) is 38.5 Å². The van der Waals surface area contributed by atoms with Crippen molar-refractivity contribution in [2.45, 2.75) is 27.3 Å². The molecule has 0 radical (unpaired) electrons. The summed E-state index contributed by atoms with van der Waals surface area (Å²) in [5.74, 6) is -0.137. The molecule has 122 valence electrons. The zero-order valence-electron chi connectivity index (χ0n) is 13.2. The number of aromatic amines is 1. The Morgan fingerprint density at radius 1 is 1.39 bits per heavy atom. The summed E-state index contributed by atoms with van der Waals surface area (Å²) in [4.78, 5) is 31.0. The van der Waals surface area contributed by atoms with E-state index in [1.165, 1.54) is 0 Å². The number of carbonyl (C=O) groups is 1. The third-order valence-electron chi connectivity index (χ3n) is 3.25. The molecule has 0 aliphatic carbocycles. The predicted molar refractivity (Wildman–Crippen MR) is 88.1 cm³/mol. The van der Waals surface area contributed by atoms with Gasteiger partial charge in [0.05, 0.1) is 11.6 Å². The first-order chi connectivity index (χ1) is 10.9. The molecule has 2 heterocycles. The van der Waals surface area contributed by atoms with Crippen LogP contribution in [0.5, 0.6) is 5.88 Å². The lowest BCUT2D eigenvalue weighted by atomic mass is 10.1. The summed E-state index contributed by atoms with van der Waals surface area (Å²) in [5.41, 5.74) is 1.94. The number of aromatic nitrogens is 2. The summed E-state index contributed by atoms with van der Waals surface area (Å²) in [5, 5.41) is 2.89. The number of amides is 1. The van der Waals surface area contributed by atoms with Gasteiger partial charge in [-0.1, -0.05) is 11.6 Å². The average Bonchev–Trinajstić information content (AvgIpc) is 2.48. The lowest BCUT2D eigenvalue weighted by Crippen LogP contribution is -2.28. The average molecular weight is 336 g/mol. The first-order valence-electron chi connectivity index (χ1n) is 7.19. The quantitative estimate of drug-likeness (QED) is 0.878. The van der Waals surface area contributed by atoms with E-state index < -0.39 is 5.91 Å². The molecule has 0 fully saturated rings. The summed E-state index contributed by atoms with van der Waals surface area (Å²) in [6.07, 6.45) is 0. The Hall–Kier alpha value is -2.34. The van der Waals surface area contributed by atoms with E-state index in [1.54, 1.807) is 19.1 Å². The molecule has 7 heteroatoms. The van der Waals surface area contributed by atoms with E-state index >= 15 is 0 Å². The minimum absolute atomic E-state index is 0.0683. The minimum atomic E-state index is -0.462. The standard InChI is InChI=1S/C16H18ClN3O3/c1-4-23-13-6-5-12(17)14(20-13)16(22)18-8-11-9(2)7-10(3)19-15(11)21/h5-7H,4,8H2,1-3H3,(H,18,22)(H,19,21). The highest BCUT2D eigenvalue weighted by molar-refractivity contribution is 6.33. The van der Waals surface area contributed by atoms with Crippen molar-refractivity contribution in [3.8, 4) is 5.88 Å². The smallest absolute Gasteiger partial charge is 0.271 e. The van der Waals surface area contributed by atoms with Crippen molar-refractivity contribution in [3.05, 3.63) is 56.1 Å². The van der Waals surface area contributed by atoms with Crippen LogP contribution in [0.4, 0.5) is 0 Å². The van der Waals surface area contributed by atoms with Crippen LogP contribution in [-0.4, -0.2) is 22.5 Å². The number of pyridine rings is 2. The predicted octanol–water partition coefficient (Wildman–Crippen LogP) is 2.37. The molecule has 2 aromatic rings. The van der Waals surface area contributed by atoms with Gasteiger partial charge in [-0.25, -0.2) is 4.98 Å². The van der Waals surface area contributed by atoms with E-state index in [0.29, 0.717) is 18.1 Å². The Kier molecular flexibility index (Phi) is 5.39. The fourth-order valence-corrected chi connectivity index (χ4v) is 2.36. The van der Waals surface area contributed by atoms with E-state index in [-0.39, 0.29) is 22.8 Å². The Morgan fingerprint density at radius 3 is 2.78 bits per heavy atom. The maximum Gasteiger partial charge on any atom is 0.271 e. The van der Waals surface area contributed by atoms with Gasteiger partial charge in [0.1, 0.15) is 0 Å². The normalized spacial score (nSPS) is 10.4. The number of halogens is 1. The van der Waals surface area contributed by atoms with Gasteiger partial charge in [0.15, 0.2) is 5.69 Å². The Bertz CT molecular complexity index is 787. The van der Waals surface area contributed by atoms with Gasteiger partial charge in [0, 0.05) is 23.9 Å². The van der Waals surface area contributed by atoms with E-state index in [0.717, 1.165) is 11.3 Å². The number of rotatable bonds is 5. The van der Waals surface area contributed by atoms with E-state index in [9.17, 15) is 9.59 Å². The van der Waals surface area contributed by atoms with Crippen molar-refractivity contribution in [1.29, 1.82) is 0 Å². The molecular weight excluding hydrogens is 318 g/mol. The number of H-pyrrole nitrogens is 1. The van der Waals surface area contributed by atoms with E-state index in [1.807, 2.05) is 19.9 Å². The Labute approximate surface area is 138 Å². The van der Waals surface area contributed by atoms with Gasteiger partial charge in [0.2, 0.25) is 5.88 Å². The number of nitrogens with zero attached hydrogens (tertiary/aromatic N) is 1. The molecular formula is C16H18ClN3O3. The number of nitrogens with one attached hydrogen (secondary N) is 2. The molecule has 2 aromatic heterocycles. The van der Waals surface area contributed by atoms with Crippen LogP contribution in [0.3, 0.4) is 0 Å². The molecule has 0 atom stereocenters. The van der Waals surface area contributed by atoms with Crippen LogP contribution >= 0.6 is 11.6 Å². The van der Waals surface area contributed by atoms with Crippen LogP contribution in [0.2, 0.25) is 5.02 Å². The van der Waals surface area contributed by atoms with Crippen molar-refractivity contribution >= 4 is 17.5 Å². The monoisotopic (exact) mass is 335 g/mol. The highest BCUT2D eigenvalue weighted by atomic mass is 35.5. The molecule has 0 saturated heterocycles. The SMILES string of the molecule is CCOc1ccc(Cl)c(C(=O)NCc2c(C)cc(C)[nH]c2=O)n1. The van der Waals surface area contributed by atoms with Crippen molar-refractivity contribution in [3.63, 3.8) is 0 Å². The second kappa shape index (κ2) is 7.28. The summed E-state index contributed by atoms with van der Waals surface area (Å²) in [6.45, 7) is 5.98. The second-order valence-electron chi connectivity index (χ2n) is 5.04. The van der Waals surface area contributed by atoms with Crippen LogP contribution in [0.15, 0.2) is 23.0 Å². The largest absolute Gasteiger partial charge is 0.478 e. The highest BCUT2D eigenvalue weighted by Crippen LogP contribution is 2.18. The molecule has 0 bridgehead atoms. The highest BCUT2D eigenvalue weighted by Gasteiger charge is 2.15. The molecule has 0 saturated carbocycles. The van der Waals surface area contributed by atoms with Crippen molar-refractivity contribution in [2.75, 3.05) is 6.61 Å². The molecule has 2 N–H and O–H groups in total. The summed E-state index contributed by atoms with van der Waals surface area (Å²) >= 11 is 6.01. The first kappa shape index (κ1) is 17.0. The molecule has 0 spiro atoms. The molecule has 0 aliphatic heterocycles. The van der Waals surface area contributed by atoms with Crippen molar-refractivity contribution in [1.82, 2.24) is 15.3 Å². The van der Waals surface area contributed by atoms with Gasteiger partial charge in [-0.15, -0.1) is 0 Å². The van der Waals surface area contributed by atoms with Gasteiger partial charge < -0.3 is 15.0 Å². The maximum atomic E-state index is 12.3. The second-order valence-corrected chi connectivity index (χ2v) is 5.45. The first-order valence-corrected chi connectivity index (χ1v) is 7.57. The van der Waals surface area contributed by atoms with Crippen LogP contribution in [0, 0.1) is 13.8 Å². The van der Waals surface area contributed by atoms with Crippen LogP contribution in [-0.2, 0) is 6.54 Å². The van der Waals surface area contributed by atoms with Crippen LogP contribution in [0.25, 0.3) is 0 Å². The summed E-state index contributed by atoms with van der Waals surface area (Å²) in [6, 6.07) is 5.00. The van der Waals surface area contributed by atoms with Gasteiger partial charge >= 0.3 is 0 Å². The number of ether oxygens (including phenoxy) is 1. The number of carbonyl (C=O) groups excluding carboxylic acids is 1. The third kappa shape index (κ3) is 4.10. The van der Waals surface area contributed by atoms with Gasteiger partial charge in [-0.3, -0.25) is 9.59 Å². The van der Waals surface area contributed by atoms with Crippen molar-refractivity contribution in [2.24, 2.45) is 0 Å². The number of aryl methyl sites for hydroxylation is 2. The van der Waals surface area contributed by atoms with Crippen LogP contribution < -0.4 is 15.6 Å². The fraction of sp³-hybridized carbons (Fsp3) is 0.312. The molecule has 23 heavy (non-hydrogen) atoms. The molecule has 0 aromatic carbocycles. The van der Waals surface area contributed by atoms with Crippen LogP contribution in [0.1, 0.15) is 34.2 Å². The third-order valence-corrected chi connectivity index (χ3v) is 3.55. The molecule has 1 amide bonds. The molecule has 0 aliphatic rings. The number of hydrogen-bond donors (Lipinski definition) is 2. The summed E-state index contributed by atoms with van der Waals surface area (Å²) < 4.78 is 5.26. The topological polar surface area (TPSA) is 84.1 Å². The Morgan fingerprint density at radius 2 is 2.13 bits per heavy atom. The van der Waals surface area contributed by atoms with Gasteiger partial charge in [0.25, 0.3) is 11.5 Å². The summed E-state index contributed by atoms with van der Waals surface area (Å²) in [7, 11) is 0. The lowest BCUT2D eigenvalue weighted by Gasteiger charge is -2.10. The molecule has 6 nitrogen and oxygen atoms in total. The van der Waals surface area contributed by atoms with E-state index in [4.69, 9.17) is 16.3 Å². The fourth-order valence-electron chi connectivity index (χ4n) is 2.17. The zero-order valence-corrected chi connectivity index (χ0v) is 14.0. The molecule has 0 unspecified atom stereocenters. The molecule has 2 rings (SSSR count). The minimum Gasteiger partial charge on any atom is -0.478 e. The van der Waals surface area contributed by atoms with Gasteiger partial charge in [-0.2, -0.15) is 0 Å². The number of hydrogen-bond acceptors (Lipinski definition) is 4.